The standard InChI is InChI=1S/C11H14O4S/c12-1-2-16-7-4-5-3-6(7)9-8(5)10(13)15-11(9)14/h5-9,12H,1-4H2. The molecule has 5 heteroatoms. The Morgan fingerprint density at radius 1 is 1.25 bits per heavy atom. The molecule has 3 rings (SSSR count). The van der Waals surface area contributed by atoms with Crippen LogP contribution in [0.25, 0.3) is 0 Å². The van der Waals surface area contributed by atoms with Gasteiger partial charge in [0.15, 0.2) is 0 Å². The van der Waals surface area contributed by atoms with Gasteiger partial charge in [-0.3, -0.25) is 9.59 Å². The third kappa shape index (κ3) is 1.34. The molecule has 5 atom stereocenters. The van der Waals surface area contributed by atoms with Gasteiger partial charge < -0.3 is 9.84 Å². The van der Waals surface area contributed by atoms with Crippen LogP contribution in [0.3, 0.4) is 0 Å². The summed E-state index contributed by atoms with van der Waals surface area (Å²) >= 11 is 1.73. The van der Waals surface area contributed by atoms with Crippen LogP contribution in [-0.4, -0.2) is 34.7 Å². The normalized spacial score (nSPS) is 44.9. The van der Waals surface area contributed by atoms with Crippen molar-refractivity contribution in [3.8, 4) is 0 Å². The van der Waals surface area contributed by atoms with E-state index in [2.05, 4.69) is 0 Å². The van der Waals surface area contributed by atoms with Crippen molar-refractivity contribution in [3.05, 3.63) is 0 Å². The molecule has 1 saturated heterocycles. The van der Waals surface area contributed by atoms with Gasteiger partial charge in [-0.1, -0.05) is 0 Å². The molecular weight excluding hydrogens is 228 g/mol. The molecule has 0 aromatic heterocycles. The summed E-state index contributed by atoms with van der Waals surface area (Å²) in [4.78, 5) is 23.1. The average molecular weight is 242 g/mol. The topological polar surface area (TPSA) is 63.6 Å². The fourth-order valence-corrected chi connectivity index (χ4v) is 4.91. The molecule has 4 nitrogen and oxygen atoms in total. The zero-order valence-electron chi connectivity index (χ0n) is 8.80. The van der Waals surface area contributed by atoms with Crippen LogP contribution < -0.4 is 0 Å². The predicted molar refractivity (Wildman–Crippen MR) is 57.6 cm³/mol. The Kier molecular flexibility index (Phi) is 2.47. The smallest absolute Gasteiger partial charge is 0.317 e. The molecule has 0 aromatic carbocycles. The number of carbonyl (C=O) groups excluding carboxylic acids is 2. The Morgan fingerprint density at radius 3 is 2.75 bits per heavy atom. The first-order valence-corrected chi connectivity index (χ1v) is 6.75. The Labute approximate surface area is 97.7 Å². The molecule has 0 spiro atoms. The molecule has 2 bridgehead atoms. The lowest BCUT2D eigenvalue weighted by Crippen LogP contribution is -2.31. The van der Waals surface area contributed by atoms with Gasteiger partial charge in [-0.05, 0) is 24.7 Å². The van der Waals surface area contributed by atoms with E-state index < -0.39 is 0 Å². The average Bonchev–Trinajstić information content (AvgIpc) is 2.88. The number of cyclic esters (lactones) is 2. The van der Waals surface area contributed by atoms with Crippen molar-refractivity contribution in [1.29, 1.82) is 0 Å². The van der Waals surface area contributed by atoms with Gasteiger partial charge in [0.2, 0.25) is 0 Å². The lowest BCUT2D eigenvalue weighted by atomic mass is 9.81. The maximum atomic E-state index is 11.6. The zero-order valence-corrected chi connectivity index (χ0v) is 9.61. The Balaban J connectivity index is 1.76. The highest BCUT2D eigenvalue weighted by Gasteiger charge is 2.62. The largest absolute Gasteiger partial charge is 0.396 e. The van der Waals surface area contributed by atoms with Crippen LogP contribution in [0, 0.1) is 23.7 Å². The Bertz CT molecular complexity index is 343. The molecule has 5 unspecified atom stereocenters. The highest BCUT2D eigenvalue weighted by Crippen LogP contribution is 2.58. The lowest BCUT2D eigenvalue weighted by molar-refractivity contribution is -0.154. The van der Waals surface area contributed by atoms with Crippen molar-refractivity contribution in [2.24, 2.45) is 23.7 Å². The molecule has 1 heterocycles. The number of aliphatic hydroxyl groups is 1. The summed E-state index contributed by atoms with van der Waals surface area (Å²) in [6, 6.07) is 0. The number of fused-ring (bicyclic) bond motifs is 5. The van der Waals surface area contributed by atoms with Crippen LogP contribution in [-0.2, 0) is 14.3 Å². The van der Waals surface area contributed by atoms with Gasteiger partial charge in [0, 0.05) is 11.0 Å². The van der Waals surface area contributed by atoms with E-state index in [4.69, 9.17) is 9.84 Å². The molecule has 0 radical (unpaired) electrons. The number of carbonyl (C=O) groups is 2. The maximum Gasteiger partial charge on any atom is 0.317 e. The van der Waals surface area contributed by atoms with E-state index in [0.717, 1.165) is 12.8 Å². The summed E-state index contributed by atoms with van der Waals surface area (Å²) in [7, 11) is 0. The van der Waals surface area contributed by atoms with Crippen LogP contribution in [0.2, 0.25) is 0 Å². The fourth-order valence-electron chi connectivity index (χ4n) is 3.59. The molecule has 88 valence electrons. The third-order valence-corrected chi connectivity index (χ3v) is 5.50. The molecule has 16 heavy (non-hydrogen) atoms. The number of hydrogen-bond donors (Lipinski definition) is 1. The predicted octanol–water partition coefficient (Wildman–Crippen LogP) is 0.436. The zero-order chi connectivity index (χ0) is 11.3. The van der Waals surface area contributed by atoms with Gasteiger partial charge in [0.05, 0.1) is 18.4 Å². The molecule has 1 aliphatic heterocycles. The third-order valence-electron chi connectivity index (χ3n) is 4.11. The van der Waals surface area contributed by atoms with Crippen molar-refractivity contribution in [2.75, 3.05) is 12.4 Å². The SMILES string of the molecule is O=C1OC(=O)C2C3CC(CC3SCCO)C12. The van der Waals surface area contributed by atoms with Gasteiger partial charge in [-0.15, -0.1) is 0 Å². The van der Waals surface area contributed by atoms with Crippen LogP contribution in [0.5, 0.6) is 0 Å². The first kappa shape index (κ1) is 10.6. The second-order valence-corrected chi connectivity index (χ2v) is 6.17. The second kappa shape index (κ2) is 3.74. The highest BCUT2D eigenvalue weighted by molar-refractivity contribution is 7.99. The molecule has 2 aliphatic carbocycles. The molecular formula is C11H14O4S. The minimum absolute atomic E-state index is 0.150. The molecule has 1 N–H and O–H groups in total. The number of rotatable bonds is 3. The van der Waals surface area contributed by atoms with Crippen molar-refractivity contribution >= 4 is 23.7 Å². The van der Waals surface area contributed by atoms with E-state index in [1.165, 1.54) is 0 Å². The van der Waals surface area contributed by atoms with E-state index in [-0.39, 0.29) is 30.4 Å². The number of thioether (sulfide) groups is 1. The van der Waals surface area contributed by atoms with Gasteiger partial charge in [-0.2, -0.15) is 11.8 Å². The van der Waals surface area contributed by atoms with Crippen molar-refractivity contribution in [1.82, 2.24) is 0 Å². The molecule has 2 saturated carbocycles. The van der Waals surface area contributed by atoms with E-state index in [1.807, 2.05) is 0 Å². The van der Waals surface area contributed by atoms with Gasteiger partial charge in [0.25, 0.3) is 0 Å². The van der Waals surface area contributed by atoms with Crippen LogP contribution in [0.15, 0.2) is 0 Å². The number of hydrogen-bond acceptors (Lipinski definition) is 5. The lowest BCUT2D eigenvalue weighted by Gasteiger charge is -2.26. The summed E-state index contributed by atoms with van der Waals surface area (Å²) in [6.07, 6.45) is 1.98. The summed E-state index contributed by atoms with van der Waals surface area (Å²) < 4.78 is 4.73. The van der Waals surface area contributed by atoms with Gasteiger partial charge in [-0.25, -0.2) is 0 Å². The maximum absolute atomic E-state index is 11.6. The summed E-state index contributed by atoms with van der Waals surface area (Å²) in [6.45, 7) is 0.177. The first-order valence-electron chi connectivity index (χ1n) is 5.70. The van der Waals surface area contributed by atoms with Crippen LogP contribution in [0.1, 0.15) is 12.8 Å². The summed E-state index contributed by atoms with van der Waals surface area (Å²) in [5.74, 6) is 0.417. The van der Waals surface area contributed by atoms with Gasteiger partial charge >= 0.3 is 11.9 Å². The summed E-state index contributed by atoms with van der Waals surface area (Å²) in [5, 5.41) is 9.24. The minimum Gasteiger partial charge on any atom is -0.396 e. The van der Waals surface area contributed by atoms with E-state index in [0.29, 0.717) is 22.8 Å². The summed E-state index contributed by atoms with van der Waals surface area (Å²) in [5.41, 5.74) is 0. The molecule has 3 fully saturated rings. The van der Waals surface area contributed by atoms with Crippen molar-refractivity contribution in [3.63, 3.8) is 0 Å². The van der Waals surface area contributed by atoms with Crippen molar-refractivity contribution in [2.45, 2.75) is 18.1 Å². The Morgan fingerprint density at radius 2 is 2.00 bits per heavy atom. The molecule has 0 aromatic rings. The second-order valence-electron chi connectivity index (χ2n) is 4.82. The van der Waals surface area contributed by atoms with Crippen LogP contribution >= 0.6 is 11.8 Å². The van der Waals surface area contributed by atoms with Crippen molar-refractivity contribution < 1.29 is 19.4 Å². The number of ether oxygens (including phenoxy) is 1. The van der Waals surface area contributed by atoms with Crippen LogP contribution in [0.4, 0.5) is 0 Å². The molecule has 3 aliphatic rings. The fraction of sp³-hybridized carbons (Fsp3) is 0.818. The first-order chi connectivity index (χ1) is 7.72. The monoisotopic (exact) mass is 242 g/mol. The van der Waals surface area contributed by atoms with Gasteiger partial charge in [0.1, 0.15) is 0 Å². The van der Waals surface area contributed by atoms with E-state index in [1.54, 1.807) is 11.8 Å². The quantitative estimate of drug-likeness (QED) is 0.574. The minimum atomic E-state index is -0.309. The van der Waals surface area contributed by atoms with E-state index in [9.17, 15) is 9.59 Å². The number of esters is 2. The number of aliphatic hydroxyl groups excluding tert-OH is 1. The highest BCUT2D eigenvalue weighted by atomic mass is 32.2. The Hall–Kier alpha value is -0.550. The molecule has 0 amide bonds. The van der Waals surface area contributed by atoms with E-state index >= 15 is 0 Å².